The van der Waals surface area contributed by atoms with Gasteiger partial charge in [-0.2, -0.15) is 0 Å². The van der Waals surface area contributed by atoms with E-state index in [1.165, 1.54) is 26.1 Å². The average Bonchev–Trinajstić information content (AvgIpc) is 3.98. The van der Waals surface area contributed by atoms with Gasteiger partial charge in [0.2, 0.25) is 0 Å². The molecule has 0 fully saturated rings. The maximum Gasteiger partial charge on any atom is 0.335 e. The van der Waals surface area contributed by atoms with Gasteiger partial charge in [0.1, 0.15) is 16.5 Å². The van der Waals surface area contributed by atoms with Crippen LogP contribution in [0.3, 0.4) is 0 Å². The number of benzene rings is 8. The largest absolute Gasteiger partial charge is 0.497 e. The quantitative estimate of drug-likeness (QED) is 0.131. The Hall–Kier alpha value is -7.52. The normalized spacial score (nSPS) is 11.5. The summed E-state index contributed by atoms with van der Waals surface area (Å²) in [4.78, 5) is 21.2. The zero-order valence-corrected chi connectivity index (χ0v) is 35.4. The maximum absolute atomic E-state index is 11.4. The second kappa shape index (κ2) is 16.5. The van der Waals surface area contributed by atoms with Gasteiger partial charge in [-0.25, -0.2) is 9.78 Å². The molecule has 0 radical (unpaired) electrons. The number of methoxy groups -OCH3 is 2. The molecule has 10 aromatic rings. The van der Waals surface area contributed by atoms with Gasteiger partial charge >= 0.3 is 5.97 Å². The third-order valence-corrected chi connectivity index (χ3v) is 13.3. The molecule has 0 amide bonds. The molecule has 0 aliphatic rings. The highest BCUT2D eigenvalue weighted by atomic mass is 32.1. The third kappa shape index (κ3) is 7.36. The van der Waals surface area contributed by atoms with Crippen molar-refractivity contribution < 1.29 is 19.4 Å². The minimum absolute atomic E-state index is 0.272. The SMILES string of the molecule is COc1ccc(N(c2ccc(OC)cc2)c2ccc(-c3ccc(/C=C/c4c5ccccc5c(-c5nc6ccc(-c7ccc(C(=O)O)cc7)cc6s5)c5ccccc45)s3)cc2)cc1. The Morgan fingerprint density at radius 2 is 1.10 bits per heavy atom. The van der Waals surface area contributed by atoms with Gasteiger partial charge in [0, 0.05) is 32.4 Å². The number of hydrogen-bond donors (Lipinski definition) is 1. The van der Waals surface area contributed by atoms with Crippen LogP contribution in [0.4, 0.5) is 17.1 Å². The van der Waals surface area contributed by atoms with Crippen molar-refractivity contribution >= 4 is 89.6 Å². The number of aromatic carboxylic acids is 1. The fraction of sp³-hybridized carbons (Fsp3) is 0.0370. The molecule has 2 aromatic heterocycles. The van der Waals surface area contributed by atoms with Gasteiger partial charge in [-0.3, -0.25) is 0 Å². The lowest BCUT2D eigenvalue weighted by Gasteiger charge is -2.26. The van der Waals surface area contributed by atoms with Crippen LogP contribution in [0.15, 0.2) is 176 Å². The van der Waals surface area contributed by atoms with Gasteiger partial charge in [-0.1, -0.05) is 84.9 Å². The highest BCUT2D eigenvalue weighted by Crippen LogP contribution is 2.44. The summed E-state index contributed by atoms with van der Waals surface area (Å²) in [5, 5.41) is 15.0. The molecule has 0 aliphatic heterocycles. The molecule has 300 valence electrons. The van der Waals surface area contributed by atoms with Crippen LogP contribution in [0.1, 0.15) is 20.8 Å². The number of thiazole rings is 1. The minimum Gasteiger partial charge on any atom is -0.497 e. The van der Waals surface area contributed by atoms with Crippen LogP contribution in [0.2, 0.25) is 0 Å². The van der Waals surface area contributed by atoms with Gasteiger partial charge in [0.25, 0.3) is 0 Å². The summed E-state index contributed by atoms with van der Waals surface area (Å²) in [6.07, 6.45) is 4.49. The number of rotatable bonds is 11. The first kappa shape index (κ1) is 38.7. The molecular formula is C54H38N2O4S2. The molecule has 0 unspecified atom stereocenters. The number of fused-ring (bicyclic) bond motifs is 3. The van der Waals surface area contributed by atoms with Crippen LogP contribution in [0.25, 0.3) is 76.1 Å². The second-order valence-electron chi connectivity index (χ2n) is 14.8. The Balaban J connectivity index is 0.963. The van der Waals surface area contributed by atoms with Gasteiger partial charge < -0.3 is 19.5 Å². The molecule has 6 nitrogen and oxygen atoms in total. The van der Waals surface area contributed by atoms with Crippen molar-refractivity contribution in [3.8, 4) is 43.6 Å². The van der Waals surface area contributed by atoms with Crippen molar-refractivity contribution in [2.75, 3.05) is 19.1 Å². The van der Waals surface area contributed by atoms with Crippen molar-refractivity contribution in [2.45, 2.75) is 0 Å². The smallest absolute Gasteiger partial charge is 0.335 e. The van der Waals surface area contributed by atoms with E-state index in [9.17, 15) is 9.90 Å². The van der Waals surface area contributed by atoms with Crippen molar-refractivity contribution in [2.24, 2.45) is 0 Å². The molecule has 1 N–H and O–H groups in total. The minimum atomic E-state index is -0.931. The van der Waals surface area contributed by atoms with Crippen LogP contribution >= 0.6 is 22.7 Å². The first-order valence-electron chi connectivity index (χ1n) is 20.1. The summed E-state index contributed by atoms with van der Waals surface area (Å²) < 4.78 is 12.0. The first-order chi connectivity index (χ1) is 30.4. The number of hydrogen-bond acceptors (Lipinski definition) is 7. The topological polar surface area (TPSA) is 71.9 Å². The van der Waals surface area contributed by atoms with Crippen LogP contribution in [0, 0.1) is 0 Å². The molecule has 0 spiro atoms. The van der Waals surface area contributed by atoms with Crippen LogP contribution in [0.5, 0.6) is 11.5 Å². The number of nitrogens with zero attached hydrogens (tertiary/aromatic N) is 2. The van der Waals surface area contributed by atoms with Crippen molar-refractivity contribution in [3.63, 3.8) is 0 Å². The van der Waals surface area contributed by atoms with Crippen LogP contribution in [-0.4, -0.2) is 30.3 Å². The first-order valence-corrected chi connectivity index (χ1v) is 21.7. The van der Waals surface area contributed by atoms with Gasteiger partial charge in [0.15, 0.2) is 0 Å². The molecule has 2 heterocycles. The summed E-state index contributed by atoms with van der Waals surface area (Å²) in [6, 6.07) is 59.8. The van der Waals surface area contributed by atoms with Crippen molar-refractivity contribution in [1.82, 2.24) is 4.98 Å². The van der Waals surface area contributed by atoms with E-state index in [4.69, 9.17) is 14.5 Å². The Bertz CT molecular complexity index is 3170. The Labute approximate surface area is 366 Å². The molecule has 8 aromatic carbocycles. The van der Waals surface area contributed by atoms with E-state index in [0.717, 1.165) is 76.8 Å². The molecule has 0 saturated heterocycles. The second-order valence-corrected chi connectivity index (χ2v) is 16.9. The predicted octanol–water partition coefficient (Wildman–Crippen LogP) is 15.0. The summed E-state index contributed by atoms with van der Waals surface area (Å²) in [7, 11) is 3.36. The van der Waals surface area contributed by atoms with Crippen molar-refractivity contribution in [1.29, 1.82) is 0 Å². The lowest BCUT2D eigenvalue weighted by molar-refractivity contribution is 0.0697. The van der Waals surface area contributed by atoms with E-state index in [0.29, 0.717) is 0 Å². The molecule has 0 aliphatic carbocycles. The number of carboxylic acids is 1. The molecule has 0 atom stereocenters. The van der Waals surface area contributed by atoms with Gasteiger partial charge in [0.05, 0.1) is 30.0 Å². The number of carbonyl (C=O) groups is 1. The summed E-state index contributed by atoms with van der Waals surface area (Å²) >= 11 is 3.46. The average molecular weight is 843 g/mol. The van der Waals surface area contributed by atoms with E-state index in [1.54, 1.807) is 49.0 Å². The molecule has 62 heavy (non-hydrogen) atoms. The zero-order valence-electron chi connectivity index (χ0n) is 33.8. The van der Waals surface area contributed by atoms with E-state index >= 15 is 0 Å². The zero-order chi connectivity index (χ0) is 42.2. The third-order valence-electron chi connectivity index (χ3n) is 11.2. The lowest BCUT2D eigenvalue weighted by Crippen LogP contribution is -2.09. The Kier molecular flexibility index (Phi) is 10.3. The Morgan fingerprint density at radius 3 is 1.66 bits per heavy atom. The van der Waals surface area contributed by atoms with Crippen molar-refractivity contribution in [3.05, 3.63) is 192 Å². The summed E-state index contributed by atoms with van der Waals surface area (Å²) in [5.74, 6) is 0.690. The standard InChI is InChI=1S/C54H38N2O4S2/c1-59-41-24-20-39(21-25-41)56(40-22-26-42(60-2)27-23-40)38-18-15-35(16-19-38)50-32-29-43(61-50)28-30-46-44-7-3-5-9-47(44)52(48-10-6-4-8-45(46)48)53-55-49-31-17-37(33-51(49)62-53)34-11-13-36(14-12-34)54(57)58/h3-33H,1-2H3,(H,57,58)/b30-28+. The monoisotopic (exact) mass is 842 g/mol. The number of aromatic nitrogens is 1. The fourth-order valence-corrected chi connectivity index (χ4v) is 10.0. The number of carboxylic acid groups (broad SMARTS) is 1. The molecule has 10 rings (SSSR count). The highest BCUT2D eigenvalue weighted by Gasteiger charge is 2.18. The fourth-order valence-electron chi connectivity index (χ4n) is 8.04. The summed E-state index contributed by atoms with van der Waals surface area (Å²) in [5.41, 5.74) is 9.74. The number of anilines is 3. The Morgan fingerprint density at radius 1 is 0.565 bits per heavy atom. The van der Waals surface area contributed by atoms with Crippen LogP contribution in [-0.2, 0) is 0 Å². The number of thiophene rings is 1. The van der Waals surface area contributed by atoms with E-state index < -0.39 is 5.97 Å². The molecule has 8 heteroatoms. The van der Waals surface area contributed by atoms with E-state index in [2.05, 4.69) is 144 Å². The van der Waals surface area contributed by atoms with E-state index in [1.807, 2.05) is 36.4 Å². The highest BCUT2D eigenvalue weighted by molar-refractivity contribution is 7.21. The van der Waals surface area contributed by atoms with Gasteiger partial charge in [-0.05, 0) is 147 Å². The van der Waals surface area contributed by atoms with Gasteiger partial charge in [-0.15, -0.1) is 22.7 Å². The maximum atomic E-state index is 11.4. The predicted molar refractivity (Wildman–Crippen MR) is 259 cm³/mol. The lowest BCUT2D eigenvalue weighted by atomic mass is 9.91. The summed E-state index contributed by atoms with van der Waals surface area (Å²) in [6.45, 7) is 0. The molecule has 0 bridgehead atoms. The van der Waals surface area contributed by atoms with Crippen LogP contribution < -0.4 is 14.4 Å². The molecule has 0 saturated carbocycles. The molecular weight excluding hydrogens is 805 g/mol. The number of ether oxygens (including phenoxy) is 2. The van der Waals surface area contributed by atoms with E-state index in [-0.39, 0.29) is 5.56 Å².